The second-order valence-corrected chi connectivity index (χ2v) is 8.39. The van der Waals surface area contributed by atoms with E-state index >= 15 is 0 Å². The number of hydrogen-bond acceptors (Lipinski definition) is 3. The molecular weight excluding hydrogens is 380 g/mol. The summed E-state index contributed by atoms with van der Waals surface area (Å²) in [5.74, 6) is 1.62. The summed E-state index contributed by atoms with van der Waals surface area (Å²) in [4.78, 5) is 9.26. The third-order valence-electron chi connectivity index (χ3n) is 5.57. The summed E-state index contributed by atoms with van der Waals surface area (Å²) < 4.78 is 6.06. The van der Waals surface area contributed by atoms with Crippen LogP contribution in [0.2, 0.25) is 0 Å². The first-order valence-corrected chi connectivity index (χ1v) is 12.5. The molecule has 0 saturated heterocycles. The van der Waals surface area contributed by atoms with Crippen LogP contribution in [0.3, 0.4) is 0 Å². The van der Waals surface area contributed by atoms with Crippen LogP contribution in [0, 0.1) is 0 Å². The van der Waals surface area contributed by atoms with Crippen molar-refractivity contribution in [1.82, 2.24) is 9.97 Å². The van der Waals surface area contributed by atoms with Crippen molar-refractivity contribution >= 4 is 0 Å². The highest BCUT2D eigenvalue weighted by atomic mass is 16.5. The van der Waals surface area contributed by atoms with E-state index in [1.807, 2.05) is 36.7 Å². The zero-order valence-corrected chi connectivity index (χ0v) is 19.8. The van der Waals surface area contributed by atoms with Crippen molar-refractivity contribution in [2.24, 2.45) is 0 Å². The van der Waals surface area contributed by atoms with E-state index in [4.69, 9.17) is 4.74 Å². The number of aromatic nitrogens is 2. The van der Waals surface area contributed by atoms with Gasteiger partial charge >= 0.3 is 0 Å². The van der Waals surface area contributed by atoms with Crippen LogP contribution < -0.4 is 4.74 Å². The van der Waals surface area contributed by atoms with Crippen molar-refractivity contribution in [3.8, 4) is 17.1 Å². The molecule has 0 N–H and O–H groups in total. The Morgan fingerprint density at radius 3 is 2.16 bits per heavy atom. The summed E-state index contributed by atoms with van der Waals surface area (Å²) in [6, 6.07) is 8.10. The number of unbranched alkanes of at least 4 members (excludes halogenated alkanes) is 9. The Balaban J connectivity index is 1.76. The predicted octanol–water partition coefficient (Wildman–Crippen LogP) is 8.34. The molecule has 1 aromatic carbocycles. The molecule has 0 aliphatic heterocycles. The van der Waals surface area contributed by atoms with Gasteiger partial charge in [0, 0.05) is 12.4 Å². The minimum absolute atomic E-state index is 0.715. The topological polar surface area (TPSA) is 35.0 Å². The third kappa shape index (κ3) is 10.6. The SMILES string of the molecule is CCCCCC=CCCCOc1ccccc1-c1ncc(CCCCCCCC)cn1. The number of allylic oxidation sites excluding steroid dienone is 2. The van der Waals surface area contributed by atoms with Gasteiger partial charge in [-0.05, 0) is 56.2 Å². The monoisotopic (exact) mass is 422 g/mol. The molecule has 31 heavy (non-hydrogen) atoms. The zero-order valence-electron chi connectivity index (χ0n) is 19.8. The Labute approximate surface area is 190 Å². The molecule has 0 atom stereocenters. The van der Waals surface area contributed by atoms with Gasteiger partial charge in [-0.3, -0.25) is 0 Å². The Hall–Kier alpha value is -2.16. The minimum atomic E-state index is 0.715. The van der Waals surface area contributed by atoms with Crippen LogP contribution in [-0.2, 0) is 6.42 Å². The fourth-order valence-electron chi connectivity index (χ4n) is 3.64. The van der Waals surface area contributed by atoms with Crippen LogP contribution in [0.15, 0.2) is 48.8 Å². The summed E-state index contributed by atoms with van der Waals surface area (Å²) >= 11 is 0. The molecule has 0 bridgehead atoms. The van der Waals surface area contributed by atoms with Crippen LogP contribution in [0.4, 0.5) is 0 Å². The summed E-state index contributed by atoms with van der Waals surface area (Å²) in [6.45, 7) is 5.22. The lowest BCUT2D eigenvalue weighted by Crippen LogP contribution is -2.00. The molecule has 3 heteroatoms. The molecule has 0 spiro atoms. The normalized spacial score (nSPS) is 11.3. The maximum absolute atomic E-state index is 6.06. The number of nitrogens with zero attached hydrogens (tertiary/aromatic N) is 2. The molecule has 2 rings (SSSR count). The molecule has 2 aromatic rings. The molecule has 3 nitrogen and oxygen atoms in total. The lowest BCUT2D eigenvalue weighted by Gasteiger charge is -2.10. The van der Waals surface area contributed by atoms with E-state index in [0.29, 0.717) is 6.61 Å². The van der Waals surface area contributed by atoms with E-state index < -0.39 is 0 Å². The largest absolute Gasteiger partial charge is 0.493 e. The van der Waals surface area contributed by atoms with Gasteiger partial charge in [0.05, 0.1) is 12.2 Å². The van der Waals surface area contributed by atoms with Gasteiger partial charge < -0.3 is 4.74 Å². The highest BCUT2D eigenvalue weighted by Crippen LogP contribution is 2.27. The van der Waals surface area contributed by atoms with E-state index in [1.165, 1.54) is 69.8 Å². The van der Waals surface area contributed by atoms with E-state index in [0.717, 1.165) is 36.4 Å². The summed E-state index contributed by atoms with van der Waals surface area (Å²) in [6.07, 6.45) is 24.7. The number of benzene rings is 1. The molecule has 0 aliphatic rings. The molecule has 1 aromatic heterocycles. The molecule has 0 fully saturated rings. The van der Waals surface area contributed by atoms with Gasteiger partial charge in [-0.15, -0.1) is 0 Å². The first-order chi connectivity index (χ1) is 15.3. The fourth-order valence-corrected chi connectivity index (χ4v) is 3.64. The van der Waals surface area contributed by atoms with Gasteiger partial charge in [-0.25, -0.2) is 9.97 Å². The van der Waals surface area contributed by atoms with Gasteiger partial charge in [-0.1, -0.05) is 83.1 Å². The predicted molar refractivity (Wildman–Crippen MR) is 133 cm³/mol. The van der Waals surface area contributed by atoms with E-state index in [2.05, 4.69) is 36.0 Å². The fraction of sp³-hybridized carbons (Fsp3) is 0.571. The lowest BCUT2D eigenvalue weighted by molar-refractivity contribution is 0.313. The molecule has 170 valence electrons. The van der Waals surface area contributed by atoms with Crippen LogP contribution >= 0.6 is 0 Å². The van der Waals surface area contributed by atoms with Crippen molar-refractivity contribution in [1.29, 1.82) is 0 Å². The third-order valence-corrected chi connectivity index (χ3v) is 5.57. The van der Waals surface area contributed by atoms with Gasteiger partial charge in [-0.2, -0.15) is 0 Å². The Kier molecular flexibility index (Phi) is 13.4. The molecule has 0 radical (unpaired) electrons. The number of aryl methyl sites for hydroxylation is 1. The number of rotatable bonds is 17. The average Bonchev–Trinajstić information content (AvgIpc) is 2.81. The summed E-state index contributed by atoms with van der Waals surface area (Å²) in [7, 11) is 0. The average molecular weight is 423 g/mol. The van der Waals surface area contributed by atoms with Crippen molar-refractivity contribution < 1.29 is 4.74 Å². The molecule has 0 aliphatic carbocycles. The Morgan fingerprint density at radius 2 is 1.39 bits per heavy atom. The van der Waals surface area contributed by atoms with Crippen molar-refractivity contribution in [2.45, 2.75) is 97.3 Å². The Morgan fingerprint density at radius 1 is 0.742 bits per heavy atom. The van der Waals surface area contributed by atoms with Gasteiger partial charge in [0.1, 0.15) is 5.75 Å². The smallest absolute Gasteiger partial charge is 0.162 e. The first kappa shape index (κ1) is 25.1. The second-order valence-electron chi connectivity index (χ2n) is 8.39. The molecule has 0 unspecified atom stereocenters. The lowest BCUT2D eigenvalue weighted by atomic mass is 10.1. The van der Waals surface area contributed by atoms with Crippen molar-refractivity contribution in [3.63, 3.8) is 0 Å². The summed E-state index contributed by atoms with van der Waals surface area (Å²) in [5.41, 5.74) is 2.20. The minimum Gasteiger partial charge on any atom is -0.493 e. The van der Waals surface area contributed by atoms with E-state index in [-0.39, 0.29) is 0 Å². The second kappa shape index (κ2) is 16.5. The zero-order chi connectivity index (χ0) is 22.0. The van der Waals surface area contributed by atoms with Crippen LogP contribution in [-0.4, -0.2) is 16.6 Å². The van der Waals surface area contributed by atoms with Gasteiger partial charge in [0.2, 0.25) is 0 Å². The number of ether oxygens (including phenoxy) is 1. The maximum atomic E-state index is 6.06. The molecule has 0 saturated carbocycles. The standard InChI is InChI=1S/C28H42N2O/c1-3-5-7-9-11-12-14-18-22-31-27-21-17-16-20-26(27)28-29-23-25(24-30-28)19-15-13-10-8-6-4-2/h11-12,16-17,20-21,23-24H,3-10,13-15,18-19,22H2,1-2H3. The van der Waals surface area contributed by atoms with Crippen molar-refractivity contribution in [2.75, 3.05) is 6.61 Å². The van der Waals surface area contributed by atoms with Crippen LogP contribution in [0.5, 0.6) is 5.75 Å². The van der Waals surface area contributed by atoms with E-state index in [1.54, 1.807) is 0 Å². The van der Waals surface area contributed by atoms with Crippen LogP contribution in [0.1, 0.15) is 96.5 Å². The Bertz CT molecular complexity index is 724. The quantitative estimate of drug-likeness (QED) is 0.190. The molecule has 1 heterocycles. The number of para-hydroxylation sites is 1. The van der Waals surface area contributed by atoms with Crippen LogP contribution in [0.25, 0.3) is 11.4 Å². The highest BCUT2D eigenvalue weighted by Gasteiger charge is 2.08. The van der Waals surface area contributed by atoms with Crippen molar-refractivity contribution in [3.05, 3.63) is 54.4 Å². The first-order valence-electron chi connectivity index (χ1n) is 12.5. The maximum Gasteiger partial charge on any atom is 0.162 e. The summed E-state index contributed by atoms with van der Waals surface area (Å²) in [5, 5.41) is 0. The number of hydrogen-bond donors (Lipinski definition) is 0. The van der Waals surface area contributed by atoms with E-state index in [9.17, 15) is 0 Å². The molecular formula is C28H42N2O. The van der Waals surface area contributed by atoms with Gasteiger partial charge in [0.15, 0.2) is 5.82 Å². The van der Waals surface area contributed by atoms with Gasteiger partial charge in [0.25, 0.3) is 0 Å². The molecule has 0 amide bonds. The highest BCUT2D eigenvalue weighted by molar-refractivity contribution is 5.63.